The summed E-state index contributed by atoms with van der Waals surface area (Å²) in [6.07, 6.45) is 3.57. The number of hydrogen-bond donors (Lipinski definition) is 1. The van der Waals surface area contributed by atoms with Gasteiger partial charge in [0.05, 0.1) is 5.92 Å². The van der Waals surface area contributed by atoms with Gasteiger partial charge in [-0.15, -0.1) is 0 Å². The highest BCUT2D eigenvalue weighted by Crippen LogP contribution is 2.20. The van der Waals surface area contributed by atoms with Gasteiger partial charge in [0, 0.05) is 12.8 Å². The summed E-state index contributed by atoms with van der Waals surface area (Å²) in [7, 11) is 0. The van der Waals surface area contributed by atoms with Crippen molar-refractivity contribution in [2.24, 2.45) is 11.8 Å². The second-order valence-electron chi connectivity index (χ2n) is 7.65. The van der Waals surface area contributed by atoms with Gasteiger partial charge in [-0.05, 0) is 50.8 Å². The Balaban J connectivity index is 3.22. The van der Waals surface area contributed by atoms with E-state index in [0.29, 0.717) is 12.0 Å². The van der Waals surface area contributed by atoms with Gasteiger partial charge >= 0.3 is 11.9 Å². The second kappa shape index (κ2) is 11.0. The van der Waals surface area contributed by atoms with Gasteiger partial charge in [-0.2, -0.15) is 0 Å². The summed E-state index contributed by atoms with van der Waals surface area (Å²) in [5.41, 5.74) is 1.36. The lowest BCUT2D eigenvalue weighted by Gasteiger charge is -2.24. The van der Waals surface area contributed by atoms with Crippen molar-refractivity contribution in [2.45, 2.75) is 72.7 Å². The zero-order valence-electron chi connectivity index (χ0n) is 17.6. The number of esters is 2. The molecule has 0 unspecified atom stereocenters. The average Bonchev–Trinajstić information content (AvgIpc) is 2.63. The molecule has 0 radical (unpaired) electrons. The minimum atomic E-state index is -1.34. The van der Waals surface area contributed by atoms with Crippen molar-refractivity contribution in [1.82, 2.24) is 0 Å². The van der Waals surface area contributed by atoms with Gasteiger partial charge in [0.2, 0.25) is 0 Å². The van der Waals surface area contributed by atoms with Crippen LogP contribution in [-0.4, -0.2) is 41.1 Å². The normalized spacial score (nSPS) is 30.6. The van der Waals surface area contributed by atoms with Crippen LogP contribution in [-0.2, 0) is 23.9 Å². The van der Waals surface area contributed by atoms with Crippen LogP contribution in [0.3, 0.4) is 0 Å². The molecule has 1 aliphatic heterocycles. The fourth-order valence-electron chi connectivity index (χ4n) is 2.63. The van der Waals surface area contributed by atoms with Crippen molar-refractivity contribution < 1.29 is 29.0 Å². The van der Waals surface area contributed by atoms with Gasteiger partial charge < -0.3 is 14.6 Å². The minimum absolute atomic E-state index is 0.0672. The van der Waals surface area contributed by atoms with Crippen LogP contribution < -0.4 is 0 Å². The molecule has 28 heavy (non-hydrogen) atoms. The second-order valence-corrected chi connectivity index (χ2v) is 7.65. The smallest absolute Gasteiger partial charge is 0.313 e. The van der Waals surface area contributed by atoms with E-state index < -0.39 is 42.0 Å². The first-order valence-electron chi connectivity index (χ1n) is 9.66. The molecule has 0 aromatic heterocycles. The maximum Gasteiger partial charge on any atom is 0.313 e. The summed E-state index contributed by atoms with van der Waals surface area (Å²) >= 11 is 0. The number of allylic oxidation sites excluding steroid dienone is 1. The molecule has 1 rings (SSSR count). The van der Waals surface area contributed by atoms with Crippen LogP contribution >= 0.6 is 0 Å². The van der Waals surface area contributed by atoms with Crippen molar-refractivity contribution >= 4 is 17.7 Å². The monoisotopic (exact) mass is 392 g/mol. The predicted molar refractivity (Wildman–Crippen MR) is 106 cm³/mol. The zero-order valence-corrected chi connectivity index (χ0v) is 17.6. The van der Waals surface area contributed by atoms with Gasteiger partial charge in [0.15, 0.2) is 11.9 Å². The molecule has 0 bridgehead atoms. The number of carbonyl (C=O) groups excluding carboxylic acids is 3. The molecule has 0 saturated heterocycles. The van der Waals surface area contributed by atoms with Gasteiger partial charge in [0.1, 0.15) is 12.2 Å². The van der Waals surface area contributed by atoms with Gasteiger partial charge in [-0.3, -0.25) is 14.4 Å². The van der Waals surface area contributed by atoms with Crippen molar-refractivity contribution in [1.29, 1.82) is 0 Å². The van der Waals surface area contributed by atoms with E-state index in [-0.39, 0.29) is 12.3 Å². The molecular formula is C22H32O6. The number of ketones is 1. The highest BCUT2D eigenvalue weighted by molar-refractivity contribution is 5.96. The zero-order chi connectivity index (χ0) is 21.4. The molecule has 6 nitrogen and oxygen atoms in total. The Morgan fingerprint density at radius 3 is 2.61 bits per heavy atom. The first kappa shape index (κ1) is 23.8. The average molecular weight is 392 g/mol. The lowest BCUT2D eigenvalue weighted by molar-refractivity contribution is -0.159. The van der Waals surface area contributed by atoms with Gasteiger partial charge in [-0.1, -0.05) is 32.1 Å². The van der Waals surface area contributed by atoms with E-state index in [4.69, 9.17) is 9.47 Å². The third-order valence-electron chi connectivity index (χ3n) is 4.66. The lowest BCUT2D eigenvalue weighted by Crippen LogP contribution is -2.39. The Morgan fingerprint density at radius 2 is 2.04 bits per heavy atom. The number of cyclic esters (lactones) is 1. The van der Waals surface area contributed by atoms with Crippen LogP contribution in [0.2, 0.25) is 0 Å². The Kier molecular flexibility index (Phi) is 9.32. The molecule has 0 spiro atoms. The first-order chi connectivity index (χ1) is 13.1. The quantitative estimate of drug-likeness (QED) is 0.583. The molecule has 1 aliphatic rings. The van der Waals surface area contributed by atoms with E-state index in [9.17, 15) is 19.5 Å². The molecule has 4 atom stereocenters. The molecule has 6 heteroatoms. The Labute approximate surface area is 167 Å². The summed E-state index contributed by atoms with van der Waals surface area (Å²) in [4.78, 5) is 37.0. The highest BCUT2D eigenvalue weighted by Gasteiger charge is 2.31. The number of rotatable bonds is 4. The van der Waals surface area contributed by atoms with Crippen molar-refractivity contribution in [2.75, 3.05) is 0 Å². The molecule has 0 aromatic rings. The number of ether oxygens (including phenoxy) is 2. The molecule has 1 N–H and O–H groups in total. The summed E-state index contributed by atoms with van der Waals surface area (Å²) < 4.78 is 10.9. The Bertz CT molecular complexity index is 671. The van der Waals surface area contributed by atoms with E-state index in [1.807, 2.05) is 33.8 Å². The van der Waals surface area contributed by atoms with Crippen LogP contribution in [0.5, 0.6) is 0 Å². The fraction of sp³-hybridized carbons (Fsp3) is 0.591. The maximum atomic E-state index is 12.6. The minimum Gasteiger partial charge on any atom is -0.457 e. The number of aliphatic hydroxyl groups is 1. The largest absolute Gasteiger partial charge is 0.457 e. The van der Waals surface area contributed by atoms with Gasteiger partial charge in [-0.25, -0.2) is 0 Å². The van der Waals surface area contributed by atoms with Crippen LogP contribution in [0.25, 0.3) is 0 Å². The summed E-state index contributed by atoms with van der Waals surface area (Å²) in [5.74, 6) is -2.15. The fourth-order valence-corrected chi connectivity index (χ4v) is 2.63. The summed E-state index contributed by atoms with van der Waals surface area (Å²) in [6.45, 7) is 10.7. The third-order valence-corrected chi connectivity index (χ3v) is 4.66. The summed E-state index contributed by atoms with van der Waals surface area (Å²) in [6, 6.07) is 0. The van der Waals surface area contributed by atoms with Crippen LogP contribution in [0.1, 0.15) is 54.4 Å². The molecule has 0 aromatic carbocycles. The van der Waals surface area contributed by atoms with E-state index in [1.165, 1.54) is 12.2 Å². The van der Waals surface area contributed by atoms with E-state index in [0.717, 1.165) is 5.57 Å². The highest BCUT2D eigenvalue weighted by atomic mass is 16.6. The first-order valence-corrected chi connectivity index (χ1v) is 9.66. The number of hydrogen-bond acceptors (Lipinski definition) is 6. The molecule has 0 amide bonds. The van der Waals surface area contributed by atoms with Gasteiger partial charge in [0.25, 0.3) is 0 Å². The van der Waals surface area contributed by atoms with Crippen molar-refractivity contribution in [3.05, 3.63) is 35.5 Å². The molecule has 0 aliphatic carbocycles. The summed E-state index contributed by atoms with van der Waals surface area (Å²) in [5, 5.41) is 10.7. The maximum absolute atomic E-state index is 12.6. The van der Waals surface area contributed by atoms with Crippen LogP contribution in [0, 0.1) is 11.8 Å². The molecule has 1 heterocycles. The topological polar surface area (TPSA) is 89.9 Å². The van der Waals surface area contributed by atoms with Crippen LogP contribution in [0.4, 0.5) is 0 Å². The molecule has 0 fully saturated rings. The van der Waals surface area contributed by atoms with Crippen molar-refractivity contribution in [3.8, 4) is 0 Å². The Morgan fingerprint density at radius 1 is 1.39 bits per heavy atom. The number of aliphatic hydroxyl groups excluding tert-OH is 1. The number of carbonyl (C=O) groups is 3. The van der Waals surface area contributed by atoms with Crippen molar-refractivity contribution in [3.63, 3.8) is 0 Å². The molecule has 156 valence electrons. The Hall–Kier alpha value is -2.21. The predicted octanol–water partition coefficient (Wildman–Crippen LogP) is 3.29. The molecular weight excluding hydrogens is 360 g/mol. The SMILES string of the molecule is C/C=C(/C)[C@H]1C/C=C(\C)[C@@H](O)[C@H](OC(=O)CC(C)C)C(=O)/C=C/[C@@H](C)C(=O)O1. The van der Waals surface area contributed by atoms with E-state index in [1.54, 1.807) is 19.9 Å². The van der Waals surface area contributed by atoms with Crippen LogP contribution in [0.15, 0.2) is 35.5 Å². The lowest BCUT2D eigenvalue weighted by atomic mass is 9.97. The third kappa shape index (κ3) is 7.08. The standard InChI is InChI=1S/C22H32O6/c1-7-14(4)18-11-9-15(5)20(25)21(28-19(24)12-13(2)3)17(23)10-8-16(6)22(26)27-18/h7-10,13,16,18,20-21,25H,11-12H2,1-6H3/b10-8+,14-7-,15-9+/t16-,18-,20-,21-/m1/s1. The van der Waals surface area contributed by atoms with E-state index in [2.05, 4.69) is 0 Å². The van der Waals surface area contributed by atoms with E-state index >= 15 is 0 Å². The molecule has 0 saturated carbocycles.